The van der Waals surface area contributed by atoms with Crippen molar-refractivity contribution in [2.75, 3.05) is 33.3 Å². The molecular formula is C12H26N2O. The molecule has 2 rings (SSSR count). The number of aliphatic hydroxyl groups is 1. The Labute approximate surface area is 93.6 Å². The van der Waals surface area contributed by atoms with Gasteiger partial charge in [0.1, 0.15) is 0 Å². The lowest BCUT2D eigenvalue weighted by Gasteiger charge is -2.23. The lowest BCUT2D eigenvalue weighted by atomic mass is 10.0. The van der Waals surface area contributed by atoms with Crippen LogP contribution in [-0.4, -0.2) is 43.3 Å². The summed E-state index contributed by atoms with van der Waals surface area (Å²) in [5.74, 6) is 2.82. The van der Waals surface area contributed by atoms with Crippen LogP contribution in [0.5, 0.6) is 0 Å². The molecule has 15 heavy (non-hydrogen) atoms. The van der Waals surface area contributed by atoms with E-state index in [4.69, 9.17) is 5.11 Å². The molecular weight excluding hydrogens is 188 g/mol. The second-order valence-corrected chi connectivity index (χ2v) is 4.76. The largest absolute Gasteiger partial charge is 0.396 e. The second-order valence-electron chi connectivity index (χ2n) is 4.76. The highest BCUT2D eigenvalue weighted by atomic mass is 16.3. The molecule has 0 aromatic heterocycles. The Morgan fingerprint density at radius 2 is 1.93 bits per heavy atom. The Bertz CT molecular complexity index is 165. The van der Waals surface area contributed by atoms with E-state index in [9.17, 15) is 0 Å². The van der Waals surface area contributed by atoms with E-state index in [1.165, 1.54) is 39.5 Å². The van der Waals surface area contributed by atoms with Gasteiger partial charge < -0.3 is 15.7 Å². The van der Waals surface area contributed by atoms with Crippen molar-refractivity contribution >= 4 is 0 Å². The molecule has 1 heterocycles. The maximum atomic E-state index is 8.88. The first-order chi connectivity index (χ1) is 7.33. The summed E-state index contributed by atoms with van der Waals surface area (Å²) < 4.78 is 0. The molecule has 3 N–H and O–H groups in total. The average Bonchev–Trinajstić information content (AvgIpc) is 2.89. The highest BCUT2D eigenvalue weighted by Gasteiger charge is 2.44. The minimum Gasteiger partial charge on any atom is -0.396 e. The van der Waals surface area contributed by atoms with Crippen LogP contribution in [0.15, 0.2) is 0 Å². The SMILES string of the molecule is CCC(CCO)CN1CC2CC2C1.CN. The van der Waals surface area contributed by atoms with Gasteiger partial charge in [-0.15, -0.1) is 0 Å². The molecule has 1 saturated heterocycles. The van der Waals surface area contributed by atoms with Crippen molar-refractivity contribution < 1.29 is 5.11 Å². The first kappa shape index (κ1) is 12.9. The van der Waals surface area contributed by atoms with Crippen LogP contribution in [0.2, 0.25) is 0 Å². The predicted octanol–water partition coefficient (Wildman–Crippen LogP) is 0.922. The van der Waals surface area contributed by atoms with Crippen molar-refractivity contribution in [3.8, 4) is 0 Å². The minimum absolute atomic E-state index is 0.360. The zero-order chi connectivity index (χ0) is 11.3. The van der Waals surface area contributed by atoms with Crippen LogP contribution >= 0.6 is 0 Å². The summed E-state index contributed by atoms with van der Waals surface area (Å²) in [6.45, 7) is 6.50. The Kier molecular flexibility index (Phi) is 5.58. The van der Waals surface area contributed by atoms with Gasteiger partial charge in [-0.05, 0) is 37.6 Å². The van der Waals surface area contributed by atoms with Crippen LogP contribution in [-0.2, 0) is 0 Å². The number of nitrogens with two attached hydrogens (primary N) is 1. The number of fused-ring (bicyclic) bond motifs is 1. The van der Waals surface area contributed by atoms with Gasteiger partial charge in [-0.3, -0.25) is 0 Å². The molecule has 0 bridgehead atoms. The summed E-state index contributed by atoms with van der Waals surface area (Å²) in [6.07, 6.45) is 3.70. The van der Waals surface area contributed by atoms with Crippen LogP contribution in [0.25, 0.3) is 0 Å². The van der Waals surface area contributed by atoms with Gasteiger partial charge in [0, 0.05) is 26.2 Å². The van der Waals surface area contributed by atoms with Gasteiger partial charge in [0.25, 0.3) is 0 Å². The molecule has 0 aromatic rings. The lowest BCUT2D eigenvalue weighted by Crippen LogP contribution is -2.29. The lowest BCUT2D eigenvalue weighted by molar-refractivity contribution is 0.202. The Morgan fingerprint density at radius 1 is 1.33 bits per heavy atom. The van der Waals surface area contributed by atoms with E-state index in [-0.39, 0.29) is 0 Å². The second kappa shape index (κ2) is 6.46. The molecule has 1 aliphatic carbocycles. The fourth-order valence-electron chi connectivity index (χ4n) is 2.62. The summed E-state index contributed by atoms with van der Waals surface area (Å²) in [4.78, 5) is 2.60. The fourth-order valence-corrected chi connectivity index (χ4v) is 2.62. The van der Waals surface area contributed by atoms with Gasteiger partial charge in [0.15, 0.2) is 0 Å². The van der Waals surface area contributed by atoms with E-state index in [0.29, 0.717) is 6.61 Å². The first-order valence-corrected chi connectivity index (χ1v) is 6.24. The van der Waals surface area contributed by atoms with E-state index in [1.807, 2.05) is 0 Å². The summed E-state index contributed by atoms with van der Waals surface area (Å²) in [7, 11) is 1.50. The van der Waals surface area contributed by atoms with Crippen molar-refractivity contribution in [3.63, 3.8) is 0 Å². The summed E-state index contributed by atoms with van der Waals surface area (Å²) in [5, 5.41) is 8.88. The summed E-state index contributed by atoms with van der Waals surface area (Å²) >= 11 is 0. The Balaban J connectivity index is 0.000000531. The molecule has 3 unspecified atom stereocenters. The van der Waals surface area contributed by atoms with Crippen LogP contribution in [0.4, 0.5) is 0 Å². The van der Waals surface area contributed by atoms with Crippen molar-refractivity contribution in [3.05, 3.63) is 0 Å². The Hall–Kier alpha value is -0.120. The topological polar surface area (TPSA) is 49.5 Å². The quantitative estimate of drug-likeness (QED) is 0.715. The van der Waals surface area contributed by atoms with Gasteiger partial charge in [0.05, 0.1) is 0 Å². The molecule has 1 aliphatic heterocycles. The van der Waals surface area contributed by atoms with E-state index in [0.717, 1.165) is 24.2 Å². The molecule has 3 atom stereocenters. The van der Waals surface area contributed by atoms with Crippen molar-refractivity contribution in [2.24, 2.45) is 23.5 Å². The predicted molar refractivity (Wildman–Crippen MR) is 63.6 cm³/mol. The molecule has 3 nitrogen and oxygen atoms in total. The molecule has 3 heteroatoms. The summed E-state index contributed by atoms with van der Waals surface area (Å²) in [6, 6.07) is 0. The first-order valence-electron chi connectivity index (χ1n) is 6.24. The smallest absolute Gasteiger partial charge is 0.0434 e. The van der Waals surface area contributed by atoms with Crippen LogP contribution in [0, 0.1) is 17.8 Å². The van der Waals surface area contributed by atoms with E-state index in [2.05, 4.69) is 17.6 Å². The minimum atomic E-state index is 0.360. The maximum absolute atomic E-state index is 8.88. The third kappa shape index (κ3) is 3.74. The Morgan fingerprint density at radius 3 is 2.40 bits per heavy atom. The summed E-state index contributed by atoms with van der Waals surface area (Å²) in [5.41, 5.74) is 4.50. The standard InChI is InChI=1S/C11H21NO.CH5N/c1-2-9(3-4-13)6-12-7-10-5-11(10)8-12;1-2/h9-11,13H,2-8H2,1H3;2H2,1H3. The van der Waals surface area contributed by atoms with E-state index in [1.54, 1.807) is 0 Å². The zero-order valence-electron chi connectivity index (χ0n) is 10.2. The highest BCUT2D eigenvalue weighted by Crippen LogP contribution is 2.45. The van der Waals surface area contributed by atoms with E-state index >= 15 is 0 Å². The van der Waals surface area contributed by atoms with Crippen molar-refractivity contribution in [1.29, 1.82) is 0 Å². The molecule has 2 fully saturated rings. The molecule has 0 radical (unpaired) electrons. The van der Waals surface area contributed by atoms with Gasteiger partial charge in [-0.25, -0.2) is 0 Å². The molecule has 0 spiro atoms. The van der Waals surface area contributed by atoms with Crippen LogP contribution < -0.4 is 5.73 Å². The number of nitrogens with zero attached hydrogens (tertiary/aromatic N) is 1. The number of rotatable bonds is 5. The van der Waals surface area contributed by atoms with Gasteiger partial charge in [0.2, 0.25) is 0 Å². The van der Waals surface area contributed by atoms with Gasteiger partial charge >= 0.3 is 0 Å². The highest BCUT2D eigenvalue weighted by molar-refractivity contribution is 4.97. The van der Waals surface area contributed by atoms with Crippen molar-refractivity contribution in [1.82, 2.24) is 4.90 Å². The normalized spacial score (nSPS) is 30.4. The molecule has 2 aliphatic rings. The van der Waals surface area contributed by atoms with Crippen molar-refractivity contribution in [2.45, 2.75) is 26.2 Å². The third-order valence-corrected chi connectivity index (χ3v) is 3.69. The van der Waals surface area contributed by atoms with Crippen LogP contribution in [0.1, 0.15) is 26.2 Å². The number of likely N-dealkylation sites (tertiary alicyclic amines) is 1. The molecule has 1 saturated carbocycles. The van der Waals surface area contributed by atoms with Crippen LogP contribution in [0.3, 0.4) is 0 Å². The third-order valence-electron chi connectivity index (χ3n) is 3.69. The number of piperidine rings is 1. The fraction of sp³-hybridized carbons (Fsp3) is 1.00. The van der Waals surface area contributed by atoms with E-state index < -0.39 is 0 Å². The average molecular weight is 214 g/mol. The number of aliphatic hydroxyl groups excluding tert-OH is 1. The monoisotopic (exact) mass is 214 g/mol. The van der Waals surface area contributed by atoms with Gasteiger partial charge in [-0.2, -0.15) is 0 Å². The van der Waals surface area contributed by atoms with Gasteiger partial charge in [-0.1, -0.05) is 13.3 Å². The zero-order valence-corrected chi connectivity index (χ0v) is 10.2. The molecule has 0 aromatic carbocycles. The number of hydrogen-bond donors (Lipinski definition) is 2. The number of hydrogen-bond acceptors (Lipinski definition) is 3. The molecule has 90 valence electrons. The maximum Gasteiger partial charge on any atom is 0.0434 e. The molecule has 0 amide bonds.